The van der Waals surface area contributed by atoms with E-state index >= 15 is 0 Å². The van der Waals surface area contributed by atoms with Crippen molar-refractivity contribution in [2.24, 2.45) is 0 Å². The third-order valence-corrected chi connectivity index (χ3v) is 4.12. The summed E-state index contributed by atoms with van der Waals surface area (Å²) in [5, 5.41) is 9.85. The van der Waals surface area contributed by atoms with Crippen LogP contribution in [0.2, 0.25) is 0 Å². The largest absolute Gasteiger partial charge is 0.391 e. The van der Waals surface area contributed by atoms with E-state index in [1.165, 1.54) is 5.56 Å². The van der Waals surface area contributed by atoms with Gasteiger partial charge in [0, 0.05) is 12.1 Å². The van der Waals surface area contributed by atoms with Gasteiger partial charge in [0.05, 0.1) is 12.1 Å². The van der Waals surface area contributed by atoms with Crippen LogP contribution in [0.1, 0.15) is 47.7 Å². The zero-order valence-electron chi connectivity index (χ0n) is 12.0. The lowest BCUT2D eigenvalue weighted by atomic mass is 9.96. The minimum atomic E-state index is -0.462. The number of rotatable bonds is 2. The van der Waals surface area contributed by atoms with Crippen molar-refractivity contribution < 1.29 is 9.90 Å². The molecule has 1 amide bonds. The first kappa shape index (κ1) is 14.1. The van der Waals surface area contributed by atoms with Crippen LogP contribution < -0.4 is 0 Å². The van der Waals surface area contributed by atoms with E-state index in [2.05, 4.69) is 0 Å². The van der Waals surface area contributed by atoms with E-state index in [9.17, 15) is 9.90 Å². The third kappa shape index (κ3) is 2.98. The van der Waals surface area contributed by atoms with Gasteiger partial charge in [-0.15, -0.1) is 0 Å². The maximum Gasteiger partial charge on any atom is 0.254 e. The van der Waals surface area contributed by atoms with E-state index in [0.717, 1.165) is 36.9 Å². The third-order valence-electron chi connectivity index (χ3n) is 4.12. The Morgan fingerprint density at radius 1 is 1.32 bits per heavy atom. The van der Waals surface area contributed by atoms with Gasteiger partial charge in [0.2, 0.25) is 0 Å². The lowest BCUT2D eigenvalue weighted by Gasteiger charge is -2.37. The van der Waals surface area contributed by atoms with Crippen molar-refractivity contribution in [1.29, 1.82) is 0 Å². The number of aliphatic hydroxyl groups excluding tert-OH is 1. The number of aliphatic hydroxyl groups is 1. The number of nitrogens with zero attached hydrogens (tertiary/aromatic N) is 1. The van der Waals surface area contributed by atoms with Crippen LogP contribution in [0.3, 0.4) is 0 Å². The number of hydrogen-bond donors (Lipinski definition) is 1. The Kier molecular flexibility index (Phi) is 4.25. The Morgan fingerprint density at radius 2 is 2.05 bits per heavy atom. The minimum Gasteiger partial charge on any atom is -0.391 e. The Bertz CT molecular complexity index is 468. The standard InChI is InChI=1S/C16H23NO2/c1-11-7-8-14(10-12(11)2)16(19)17-9-5-4-6-15(17)13(3)18/h7-8,10,13,15,18H,4-6,9H2,1-3H3. The van der Waals surface area contributed by atoms with Crippen LogP contribution in [0.15, 0.2) is 18.2 Å². The van der Waals surface area contributed by atoms with E-state index in [1.54, 1.807) is 6.92 Å². The maximum atomic E-state index is 12.6. The van der Waals surface area contributed by atoms with Crippen LogP contribution in [-0.4, -0.2) is 34.6 Å². The number of carbonyl (C=O) groups excluding carboxylic acids is 1. The second-order valence-corrected chi connectivity index (χ2v) is 5.60. The molecule has 2 rings (SSSR count). The quantitative estimate of drug-likeness (QED) is 0.889. The molecule has 1 fully saturated rings. The normalized spacial score (nSPS) is 21.3. The number of benzene rings is 1. The monoisotopic (exact) mass is 261 g/mol. The molecule has 19 heavy (non-hydrogen) atoms. The fourth-order valence-electron chi connectivity index (χ4n) is 2.75. The first-order valence-corrected chi connectivity index (χ1v) is 7.07. The molecule has 104 valence electrons. The average molecular weight is 261 g/mol. The van der Waals surface area contributed by atoms with Crippen molar-refractivity contribution in [2.45, 2.75) is 52.2 Å². The van der Waals surface area contributed by atoms with Gasteiger partial charge in [-0.1, -0.05) is 6.07 Å². The minimum absolute atomic E-state index is 0.0390. The summed E-state index contributed by atoms with van der Waals surface area (Å²) < 4.78 is 0. The number of likely N-dealkylation sites (tertiary alicyclic amines) is 1. The topological polar surface area (TPSA) is 40.5 Å². The highest BCUT2D eigenvalue weighted by molar-refractivity contribution is 5.94. The van der Waals surface area contributed by atoms with Gasteiger partial charge in [-0.05, 0) is 63.3 Å². The molecule has 0 saturated carbocycles. The van der Waals surface area contributed by atoms with Crippen LogP contribution in [0.25, 0.3) is 0 Å². The number of hydrogen-bond acceptors (Lipinski definition) is 2. The van der Waals surface area contributed by atoms with Crippen molar-refractivity contribution in [3.05, 3.63) is 34.9 Å². The van der Waals surface area contributed by atoms with E-state index in [1.807, 2.05) is 36.9 Å². The summed E-state index contributed by atoms with van der Waals surface area (Å²) >= 11 is 0. The van der Waals surface area contributed by atoms with Crippen LogP contribution in [0, 0.1) is 13.8 Å². The van der Waals surface area contributed by atoms with Gasteiger partial charge in [-0.3, -0.25) is 4.79 Å². The fourth-order valence-corrected chi connectivity index (χ4v) is 2.75. The van der Waals surface area contributed by atoms with Crippen LogP contribution in [0.5, 0.6) is 0 Å². The lowest BCUT2D eigenvalue weighted by molar-refractivity contribution is 0.0281. The van der Waals surface area contributed by atoms with Gasteiger partial charge in [0.1, 0.15) is 0 Å². The van der Waals surface area contributed by atoms with Gasteiger partial charge >= 0.3 is 0 Å². The predicted molar refractivity (Wildman–Crippen MR) is 76.3 cm³/mol. The first-order chi connectivity index (χ1) is 9.00. The molecule has 1 aliphatic heterocycles. The molecule has 1 aliphatic rings. The van der Waals surface area contributed by atoms with Gasteiger partial charge in [-0.25, -0.2) is 0 Å². The zero-order valence-corrected chi connectivity index (χ0v) is 12.0. The SMILES string of the molecule is Cc1ccc(C(=O)N2CCCCC2C(C)O)cc1C. The molecule has 0 spiro atoms. The molecule has 0 aromatic heterocycles. The Labute approximate surface area is 115 Å². The fraction of sp³-hybridized carbons (Fsp3) is 0.562. The molecule has 1 N–H and O–H groups in total. The predicted octanol–water partition coefficient (Wildman–Crippen LogP) is 2.68. The van der Waals surface area contributed by atoms with Gasteiger partial charge in [-0.2, -0.15) is 0 Å². The highest BCUT2D eigenvalue weighted by Gasteiger charge is 2.30. The molecule has 3 heteroatoms. The molecule has 1 saturated heterocycles. The number of aryl methyl sites for hydroxylation is 2. The van der Waals surface area contributed by atoms with E-state index in [0.29, 0.717) is 0 Å². The van der Waals surface area contributed by atoms with Gasteiger partial charge < -0.3 is 10.0 Å². The molecule has 0 bridgehead atoms. The molecule has 3 nitrogen and oxygen atoms in total. The summed E-state index contributed by atoms with van der Waals surface area (Å²) in [5.74, 6) is 0.0497. The van der Waals surface area contributed by atoms with Crippen LogP contribution in [0.4, 0.5) is 0 Å². The molecule has 0 aliphatic carbocycles. The Morgan fingerprint density at radius 3 is 2.68 bits per heavy atom. The van der Waals surface area contributed by atoms with Gasteiger partial charge in [0.15, 0.2) is 0 Å². The number of amides is 1. The molecular formula is C16H23NO2. The Hall–Kier alpha value is -1.35. The maximum absolute atomic E-state index is 12.6. The summed E-state index contributed by atoms with van der Waals surface area (Å²) in [6, 6.07) is 5.79. The summed E-state index contributed by atoms with van der Waals surface area (Å²) in [6.07, 6.45) is 2.55. The zero-order chi connectivity index (χ0) is 14.0. The lowest BCUT2D eigenvalue weighted by Crippen LogP contribution is -2.48. The summed E-state index contributed by atoms with van der Waals surface area (Å²) in [6.45, 7) is 6.59. The smallest absolute Gasteiger partial charge is 0.254 e. The number of carbonyl (C=O) groups is 1. The van der Waals surface area contributed by atoms with E-state index in [4.69, 9.17) is 0 Å². The van der Waals surface area contributed by atoms with E-state index < -0.39 is 6.10 Å². The highest BCUT2D eigenvalue weighted by atomic mass is 16.3. The molecule has 2 unspecified atom stereocenters. The second-order valence-electron chi connectivity index (χ2n) is 5.60. The summed E-state index contributed by atoms with van der Waals surface area (Å²) in [7, 11) is 0. The second kappa shape index (κ2) is 5.74. The average Bonchev–Trinajstić information content (AvgIpc) is 2.41. The van der Waals surface area contributed by atoms with Crippen molar-refractivity contribution >= 4 is 5.91 Å². The molecule has 1 heterocycles. The number of piperidine rings is 1. The molecule has 0 radical (unpaired) electrons. The Balaban J connectivity index is 2.23. The van der Waals surface area contributed by atoms with Crippen molar-refractivity contribution in [3.8, 4) is 0 Å². The van der Waals surface area contributed by atoms with E-state index in [-0.39, 0.29) is 11.9 Å². The van der Waals surface area contributed by atoms with Crippen molar-refractivity contribution in [3.63, 3.8) is 0 Å². The molecule has 1 aromatic carbocycles. The van der Waals surface area contributed by atoms with Crippen molar-refractivity contribution in [2.75, 3.05) is 6.54 Å². The highest BCUT2D eigenvalue weighted by Crippen LogP contribution is 2.22. The molecule has 2 atom stereocenters. The summed E-state index contributed by atoms with van der Waals surface area (Å²) in [4.78, 5) is 14.4. The molecular weight excluding hydrogens is 238 g/mol. The van der Waals surface area contributed by atoms with Crippen LogP contribution >= 0.6 is 0 Å². The van der Waals surface area contributed by atoms with Gasteiger partial charge in [0.25, 0.3) is 5.91 Å². The van der Waals surface area contributed by atoms with Crippen molar-refractivity contribution in [1.82, 2.24) is 4.90 Å². The first-order valence-electron chi connectivity index (χ1n) is 7.07. The van der Waals surface area contributed by atoms with Crippen LogP contribution in [-0.2, 0) is 0 Å². The summed E-state index contributed by atoms with van der Waals surface area (Å²) in [5.41, 5.74) is 3.06. The molecule has 1 aromatic rings.